The lowest BCUT2D eigenvalue weighted by molar-refractivity contribution is -0.133. The number of aliphatic carboxylic acids is 1. The number of hydrogen-bond donors (Lipinski definition) is 1. The fourth-order valence-corrected chi connectivity index (χ4v) is 6.73. The standard InChI is InChI=1S/C25H21Br2NO4S/c1-16-8-10-21(11-9-16)33(31,32)28-23(17-4-2-6-19(26)14-17)13-12-22(25(29)30)24(28)18-5-3-7-20(27)15-18/h2-12,14-15,23-24H,13H2,1H3,(H,29,30)/t23?,24-/m0/s1. The van der Waals surface area contributed by atoms with Crippen LogP contribution in [0.4, 0.5) is 0 Å². The first-order chi connectivity index (χ1) is 15.7. The molecule has 3 aromatic carbocycles. The van der Waals surface area contributed by atoms with E-state index in [-0.39, 0.29) is 16.9 Å². The number of carboxylic acid groups (broad SMARTS) is 1. The van der Waals surface area contributed by atoms with E-state index in [2.05, 4.69) is 31.9 Å². The molecule has 0 saturated carbocycles. The highest BCUT2D eigenvalue weighted by Gasteiger charge is 2.44. The normalized spacial score (nSPS) is 19.2. The molecule has 0 bridgehead atoms. The minimum Gasteiger partial charge on any atom is -0.478 e. The van der Waals surface area contributed by atoms with Gasteiger partial charge in [0.15, 0.2) is 0 Å². The summed E-state index contributed by atoms with van der Waals surface area (Å²) in [4.78, 5) is 12.4. The van der Waals surface area contributed by atoms with Gasteiger partial charge in [0.1, 0.15) is 0 Å². The summed E-state index contributed by atoms with van der Waals surface area (Å²) in [6.07, 6.45) is 1.88. The summed E-state index contributed by atoms with van der Waals surface area (Å²) in [5, 5.41) is 10.0. The second kappa shape index (κ2) is 9.54. The van der Waals surface area contributed by atoms with E-state index >= 15 is 0 Å². The van der Waals surface area contributed by atoms with Gasteiger partial charge in [-0.25, -0.2) is 13.2 Å². The van der Waals surface area contributed by atoms with Crippen molar-refractivity contribution in [1.29, 1.82) is 0 Å². The molecule has 4 rings (SSSR count). The van der Waals surface area contributed by atoms with Crippen LogP contribution in [0.2, 0.25) is 0 Å². The maximum atomic E-state index is 14.1. The zero-order valence-electron chi connectivity index (χ0n) is 17.7. The maximum absolute atomic E-state index is 14.1. The molecule has 0 aliphatic carbocycles. The first-order valence-corrected chi connectivity index (χ1v) is 13.3. The molecular formula is C25H21Br2NO4S. The zero-order chi connectivity index (χ0) is 23.8. The van der Waals surface area contributed by atoms with E-state index in [0.717, 1.165) is 20.1 Å². The number of carboxylic acids is 1. The van der Waals surface area contributed by atoms with Gasteiger partial charge in [-0.1, -0.05) is 79.9 Å². The molecule has 8 heteroatoms. The number of carbonyl (C=O) groups is 1. The minimum atomic E-state index is -4.07. The summed E-state index contributed by atoms with van der Waals surface area (Å²) >= 11 is 6.91. The van der Waals surface area contributed by atoms with Crippen molar-refractivity contribution in [2.45, 2.75) is 30.3 Å². The number of sulfonamides is 1. The maximum Gasteiger partial charge on any atom is 0.333 e. The molecule has 1 heterocycles. The predicted octanol–water partition coefficient (Wildman–Crippen LogP) is 6.41. The van der Waals surface area contributed by atoms with Crippen molar-refractivity contribution in [3.63, 3.8) is 0 Å². The summed E-state index contributed by atoms with van der Waals surface area (Å²) in [5.41, 5.74) is 2.33. The molecule has 0 saturated heterocycles. The molecule has 5 nitrogen and oxygen atoms in total. The van der Waals surface area contributed by atoms with Crippen LogP contribution in [-0.2, 0) is 14.8 Å². The van der Waals surface area contributed by atoms with E-state index in [1.165, 1.54) is 4.31 Å². The molecule has 0 radical (unpaired) electrons. The molecule has 1 N–H and O–H groups in total. The van der Waals surface area contributed by atoms with Gasteiger partial charge in [-0.15, -0.1) is 0 Å². The number of nitrogens with zero attached hydrogens (tertiary/aromatic N) is 1. The Morgan fingerprint density at radius 3 is 2.09 bits per heavy atom. The van der Waals surface area contributed by atoms with Crippen molar-refractivity contribution in [2.75, 3.05) is 0 Å². The van der Waals surface area contributed by atoms with Gasteiger partial charge in [-0.2, -0.15) is 4.31 Å². The lowest BCUT2D eigenvalue weighted by Crippen LogP contribution is -2.42. The summed E-state index contributed by atoms with van der Waals surface area (Å²) in [7, 11) is -4.07. The largest absolute Gasteiger partial charge is 0.478 e. The zero-order valence-corrected chi connectivity index (χ0v) is 21.6. The second-order valence-corrected chi connectivity index (χ2v) is 11.6. The third kappa shape index (κ3) is 4.84. The number of benzene rings is 3. The van der Waals surface area contributed by atoms with E-state index in [9.17, 15) is 18.3 Å². The van der Waals surface area contributed by atoms with Crippen LogP contribution in [-0.4, -0.2) is 23.8 Å². The topological polar surface area (TPSA) is 74.7 Å². The Bertz CT molecular complexity index is 1340. The molecule has 1 unspecified atom stereocenters. The Labute approximate surface area is 210 Å². The highest BCUT2D eigenvalue weighted by atomic mass is 79.9. The Morgan fingerprint density at radius 2 is 1.52 bits per heavy atom. The van der Waals surface area contributed by atoms with Crippen LogP contribution in [0.1, 0.15) is 35.2 Å². The monoisotopic (exact) mass is 589 g/mol. The Kier molecular flexibility index (Phi) is 6.91. The van der Waals surface area contributed by atoms with Gasteiger partial charge in [0.25, 0.3) is 0 Å². The smallest absolute Gasteiger partial charge is 0.333 e. The highest BCUT2D eigenvalue weighted by Crippen LogP contribution is 2.46. The van der Waals surface area contributed by atoms with Crippen molar-refractivity contribution in [3.05, 3.63) is 110 Å². The molecule has 170 valence electrons. The summed E-state index contributed by atoms with van der Waals surface area (Å²) in [5.74, 6) is -1.14. The van der Waals surface area contributed by atoms with Crippen molar-refractivity contribution in [1.82, 2.24) is 4.31 Å². The van der Waals surface area contributed by atoms with Gasteiger partial charge in [-0.05, 0) is 60.9 Å². The van der Waals surface area contributed by atoms with Crippen LogP contribution in [0, 0.1) is 6.92 Å². The number of aryl methyl sites for hydroxylation is 1. The highest BCUT2D eigenvalue weighted by molar-refractivity contribution is 9.10. The second-order valence-electron chi connectivity index (χ2n) is 7.88. The average molecular weight is 591 g/mol. The lowest BCUT2D eigenvalue weighted by atomic mass is 9.89. The Balaban J connectivity index is 1.98. The average Bonchev–Trinajstić information content (AvgIpc) is 2.78. The molecule has 1 aliphatic heterocycles. The SMILES string of the molecule is Cc1ccc(S(=O)(=O)N2C(c3cccc(Br)c3)CC=C(C(=O)O)[C@@H]2c2cccc(Br)c2)cc1. The van der Waals surface area contributed by atoms with Crippen molar-refractivity contribution in [2.24, 2.45) is 0 Å². The van der Waals surface area contributed by atoms with E-state index in [1.807, 2.05) is 37.3 Å². The van der Waals surface area contributed by atoms with E-state index in [1.54, 1.807) is 48.5 Å². The lowest BCUT2D eigenvalue weighted by Gasteiger charge is -2.40. The Hall–Kier alpha value is -2.26. The van der Waals surface area contributed by atoms with Crippen LogP contribution in [0.25, 0.3) is 0 Å². The first kappa shape index (κ1) is 23.9. The van der Waals surface area contributed by atoms with Crippen LogP contribution in [0.5, 0.6) is 0 Å². The van der Waals surface area contributed by atoms with Gasteiger partial charge in [0.05, 0.1) is 22.6 Å². The third-order valence-corrected chi connectivity index (χ3v) is 8.53. The van der Waals surface area contributed by atoms with Gasteiger partial charge < -0.3 is 5.11 Å². The summed E-state index contributed by atoms with van der Waals surface area (Å²) < 4.78 is 31.1. The molecule has 0 amide bonds. The number of hydrogen-bond acceptors (Lipinski definition) is 3. The molecule has 33 heavy (non-hydrogen) atoms. The van der Waals surface area contributed by atoms with E-state index < -0.39 is 28.1 Å². The fraction of sp³-hybridized carbons (Fsp3) is 0.160. The molecule has 0 fully saturated rings. The summed E-state index contributed by atoms with van der Waals surface area (Å²) in [6, 6.07) is 19.6. The molecule has 0 spiro atoms. The third-order valence-electron chi connectivity index (χ3n) is 5.66. The molecular weight excluding hydrogens is 570 g/mol. The predicted molar refractivity (Wildman–Crippen MR) is 134 cm³/mol. The van der Waals surface area contributed by atoms with Crippen LogP contribution < -0.4 is 0 Å². The summed E-state index contributed by atoms with van der Waals surface area (Å²) in [6.45, 7) is 1.89. The minimum absolute atomic E-state index is 0.0371. The number of rotatable bonds is 5. The van der Waals surface area contributed by atoms with Crippen molar-refractivity contribution in [3.8, 4) is 0 Å². The first-order valence-electron chi connectivity index (χ1n) is 10.2. The van der Waals surface area contributed by atoms with Gasteiger partial charge in [0, 0.05) is 8.95 Å². The fourth-order valence-electron chi connectivity index (χ4n) is 4.11. The van der Waals surface area contributed by atoms with Crippen LogP contribution >= 0.6 is 31.9 Å². The van der Waals surface area contributed by atoms with Gasteiger partial charge >= 0.3 is 5.97 Å². The molecule has 2 atom stereocenters. The van der Waals surface area contributed by atoms with Crippen molar-refractivity contribution < 1.29 is 18.3 Å². The number of halogens is 2. The Morgan fingerprint density at radius 1 is 0.939 bits per heavy atom. The van der Waals surface area contributed by atoms with Gasteiger partial charge in [0.2, 0.25) is 10.0 Å². The van der Waals surface area contributed by atoms with Crippen LogP contribution in [0.15, 0.2) is 98.3 Å². The van der Waals surface area contributed by atoms with E-state index in [0.29, 0.717) is 5.56 Å². The molecule has 3 aromatic rings. The van der Waals surface area contributed by atoms with Crippen molar-refractivity contribution >= 4 is 47.9 Å². The van der Waals surface area contributed by atoms with Crippen LogP contribution in [0.3, 0.4) is 0 Å². The quantitative estimate of drug-likeness (QED) is 0.373. The molecule has 1 aliphatic rings. The van der Waals surface area contributed by atoms with Gasteiger partial charge in [-0.3, -0.25) is 0 Å². The molecule has 0 aromatic heterocycles. The van der Waals surface area contributed by atoms with E-state index in [4.69, 9.17) is 0 Å².